The Bertz CT molecular complexity index is 1160. The number of nitrogens with one attached hydrogen (secondary N) is 2. The minimum Gasteiger partial charge on any atom is -0.331 e. The summed E-state index contributed by atoms with van der Waals surface area (Å²) in [4.78, 5) is 42.5. The highest BCUT2D eigenvalue weighted by atomic mass is 35.5. The van der Waals surface area contributed by atoms with Crippen LogP contribution in [0.2, 0.25) is 5.02 Å². The lowest BCUT2D eigenvalue weighted by Crippen LogP contribution is -2.51. The Labute approximate surface area is 177 Å². The smallest absolute Gasteiger partial charge is 0.329 e. The summed E-state index contributed by atoms with van der Waals surface area (Å²) in [7, 11) is 0. The molecule has 1 aromatic heterocycles. The van der Waals surface area contributed by atoms with Gasteiger partial charge in [0.1, 0.15) is 6.54 Å². The zero-order valence-electron chi connectivity index (χ0n) is 15.4. The van der Waals surface area contributed by atoms with Crippen molar-refractivity contribution in [2.45, 2.75) is 12.6 Å². The van der Waals surface area contributed by atoms with Crippen LogP contribution < -0.4 is 16.6 Å². The second-order valence-corrected chi connectivity index (χ2v) is 7.10. The average molecular weight is 435 g/mol. The number of halogens is 2. The van der Waals surface area contributed by atoms with E-state index in [-0.39, 0.29) is 30.9 Å². The highest BCUT2D eigenvalue weighted by Gasteiger charge is 2.29. The van der Waals surface area contributed by atoms with Gasteiger partial charge in [-0.2, -0.15) is 0 Å². The van der Waals surface area contributed by atoms with Crippen LogP contribution >= 0.6 is 24.0 Å². The first kappa shape index (κ1) is 21.1. The van der Waals surface area contributed by atoms with Crippen LogP contribution in [-0.4, -0.2) is 40.0 Å². The van der Waals surface area contributed by atoms with E-state index in [1.54, 1.807) is 35.2 Å². The quantitative estimate of drug-likeness (QED) is 0.659. The Morgan fingerprint density at radius 1 is 1.10 bits per heavy atom. The summed E-state index contributed by atoms with van der Waals surface area (Å²) in [6.07, 6.45) is 0. The number of carbonyl (C=O) groups excluding carboxylic acids is 1. The summed E-state index contributed by atoms with van der Waals surface area (Å²) in [5.74, 6) is -0.297. The summed E-state index contributed by atoms with van der Waals surface area (Å²) in [5, 5.41) is 4.22. The molecule has 1 unspecified atom stereocenters. The van der Waals surface area contributed by atoms with Gasteiger partial charge in [0.2, 0.25) is 5.91 Å². The SMILES string of the molecule is Cl.O=C(Cn1c(=O)[nH]c2ccccc2c1=O)N1CCNCC1c1ccccc1Cl. The first-order valence-corrected chi connectivity index (χ1v) is 9.40. The number of nitrogens with zero attached hydrogens (tertiary/aromatic N) is 2. The number of amides is 1. The fourth-order valence-corrected chi connectivity index (χ4v) is 3.86. The predicted octanol–water partition coefficient (Wildman–Crippen LogP) is 1.94. The number of aromatic amines is 1. The predicted molar refractivity (Wildman–Crippen MR) is 115 cm³/mol. The van der Waals surface area contributed by atoms with Gasteiger partial charge >= 0.3 is 5.69 Å². The molecule has 1 amide bonds. The van der Waals surface area contributed by atoms with E-state index in [4.69, 9.17) is 11.6 Å². The van der Waals surface area contributed by atoms with Crippen molar-refractivity contribution in [1.82, 2.24) is 19.8 Å². The second kappa shape index (κ2) is 8.82. The third-order valence-corrected chi connectivity index (χ3v) is 5.35. The minimum atomic E-state index is -0.596. The number of benzene rings is 2. The number of rotatable bonds is 3. The monoisotopic (exact) mass is 434 g/mol. The molecule has 0 bridgehead atoms. The molecule has 2 N–H and O–H groups in total. The maximum absolute atomic E-state index is 13.0. The van der Waals surface area contributed by atoms with Gasteiger partial charge in [-0.3, -0.25) is 14.2 Å². The van der Waals surface area contributed by atoms with Crippen LogP contribution in [0.25, 0.3) is 10.9 Å². The topological polar surface area (TPSA) is 87.2 Å². The zero-order chi connectivity index (χ0) is 19.7. The Kier molecular flexibility index (Phi) is 6.42. The van der Waals surface area contributed by atoms with Gasteiger partial charge < -0.3 is 15.2 Å². The number of piperazine rings is 1. The van der Waals surface area contributed by atoms with Crippen molar-refractivity contribution in [2.75, 3.05) is 19.6 Å². The van der Waals surface area contributed by atoms with Crippen LogP contribution in [-0.2, 0) is 11.3 Å². The van der Waals surface area contributed by atoms with Crippen molar-refractivity contribution >= 4 is 40.8 Å². The van der Waals surface area contributed by atoms with Crippen LogP contribution in [0.15, 0.2) is 58.1 Å². The first-order chi connectivity index (χ1) is 13.6. The van der Waals surface area contributed by atoms with Crippen molar-refractivity contribution in [3.63, 3.8) is 0 Å². The molecule has 0 radical (unpaired) electrons. The standard InChI is InChI=1S/C20H19ClN4O3.ClH/c21-15-7-3-1-5-13(15)17-11-22-9-10-24(17)18(26)12-25-19(27)14-6-2-4-8-16(14)23-20(25)28;/h1-8,17,22H,9-12H2,(H,23,28);1H. The Morgan fingerprint density at radius 3 is 2.62 bits per heavy atom. The van der Waals surface area contributed by atoms with Gasteiger partial charge in [0, 0.05) is 24.7 Å². The number of hydrogen-bond acceptors (Lipinski definition) is 4. The van der Waals surface area contributed by atoms with Crippen LogP contribution in [0.5, 0.6) is 0 Å². The highest BCUT2D eigenvalue weighted by Crippen LogP contribution is 2.28. The summed E-state index contributed by atoms with van der Waals surface area (Å²) in [6.45, 7) is 1.34. The molecule has 4 rings (SSSR count). The summed E-state index contributed by atoms with van der Waals surface area (Å²) in [6, 6.07) is 13.9. The maximum atomic E-state index is 13.0. The van der Waals surface area contributed by atoms with Gasteiger partial charge in [-0.25, -0.2) is 4.79 Å². The lowest BCUT2D eigenvalue weighted by molar-refractivity contribution is -0.135. The van der Waals surface area contributed by atoms with Crippen molar-refractivity contribution in [3.05, 3.63) is 80.0 Å². The first-order valence-electron chi connectivity index (χ1n) is 9.03. The molecule has 152 valence electrons. The number of H-pyrrole nitrogens is 1. The summed E-state index contributed by atoms with van der Waals surface area (Å²) in [5.41, 5.74) is 0.223. The Hall–Kier alpha value is -2.61. The molecule has 1 fully saturated rings. The molecular formula is C20H20Cl2N4O3. The van der Waals surface area contributed by atoms with E-state index in [1.807, 2.05) is 18.2 Å². The maximum Gasteiger partial charge on any atom is 0.329 e. The van der Waals surface area contributed by atoms with E-state index < -0.39 is 11.2 Å². The molecule has 1 saturated heterocycles. The fraction of sp³-hybridized carbons (Fsp3) is 0.250. The van der Waals surface area contributed by atoms with E-state index in [1.165, 1.54) is 0 Å². The van der Waals surface area contributed by atoms with Crippen LogP contribution in [0.4, 0.5) is 0 Å². The van der Waals surface area contributed by atoms with E-state index in [0.717, 1.165) is 10.1 Å². The van der Waals surface area contributed by atoms with E-state index in [2.05, 4.69) is 10.3 Å². The number of fused-ring (bicyclic) bond motifs is 1. The molecule has 0 spiro atoms. The van der Waals surface area contributed by atoms with Gasteiger partial charge in [0.25, 0.3) is 5.56 Å². The highest BCUT2D eigenvalue weighted by molar-refractivity contribution is 6.31. The molecule has 0 aliphatic carbocycles. The Morgan fingerprint density at radius 2 is 1.83 bits per heavy atom. The number of carbonyl (C=O) groups is 1. The molecule has 1 atom stereocenters. The third kappa shape index (κ3) is 4.07. The summed E-state index contributed by atoms with van der Waals surface area (Å²) < 4.78 is 0.955. The molecule has 1 aliphatic heterocycles. The molecule has 1 aliphatic rings. The summed E-state index contributed by atoms with van der Waals surface area (Å²) >= 11 is 6.33. The molecule has 29 heavy (non-hydrogen) atoms. The lowest BCUT2D eigenvalue weighted by atomic mass is 10.0. The lowest BCUT2D eigenvalue weighted by Gasteiger charge is -2.37. The van der Waals surface area contributed by atoms with E-state index in [9.17, 15) is 14.4 Å². The van der Waals surface area contributed by atoms with Gasteiger partial charge in [-0.1, -0.05) is 41.9 Å². The van der Waals surface area contributed by atoms with Crippen LogP contribution in [0.1, 0.15) is 11.6 Å². The van der Waals surface area contributed by atoms with Crippen LogP contribution in [0.3, 0.4) is 0 Å². The largest absolute Gasteiger partial charge is 0.331 e. The molecule has 2 aromatic carbocycles. The van der Waals surface area contributed by atoms with Crippen molar-refractivity contribution in [1.29, 1.82) is 0 Å². The molecule has 9 heteroatoms. The van der Waals surface area contributed by atoms with Crippen molar-refractivity contribution in [3.8, 4) is 0 Å². The van der Waals surface area contributed by atoms with Gasteiger partial charge in [-0.05, 0) is 23.8 Å². The van der Waals surface area contributed by atoms with Crippen molar-refractivity contribution < 1.29 is 4.79 Å². The van der Waals surface area contributed by atoms with Gasteiger partial charge in [-0.15, -0.1) is 12.4 Å². The van der Waals surface area contributed by atoms with E-state index in [0.29, 0.717) is 35.6 Å². The molecule has 7 nitrogen and oxygen atoms in total. The fourth-order valence-electron chi connectivity index (χ4n) is 3.59. The van der Waals surface area contributed by atoms with Crippen molar-refractivity contribution in [2.24, 2.45) is 0 Å². The van der Waals surface area contributed by atoms with Gasteiger partial charge in [0.15, 0.2) is 0 Å². The number of hydrogen-bond donors (Lipinski definition) is 2. The second-order valence-electron chi connectivity index (χ2n) is 6.70. The average Bonchev–Trinajstić information content (AvgIpc) is 2.71. The third-order valence-electron chi connectivity index (χ3n) is 5.01. The van der Waals surface area contributed by atoms with Crippen LogP contribution in [0, 0.1) is 0 Å². The minimum absolute atomic E-state index is 0. The molecule has 3 aromatic rings. The molecular weight excluding hydrogens is 415 g/mol. The number of para-hydroxylation sites is 1. The normalized spacial score (nSPS) is 16.4. The zero-order valence-corrected chi connectivity index (χ0v) is 17.0. The molecule has 2 heterocycles. The molecule has 0 saturated carbocycles. The van der Waals surface area contributed by atoms with Gasteiger partial charge in [0.05, 0.1) is 16.9 Å². The van der Waals surface area contributed by atoms with E-state index >= 15 is 0 Å². The Balaban J connectivity index is 0.00000240. The number of aromatic nitrogens is 2.